The van der Waals surface area contributed by atoms with Gasteiger partial charge in [0.2, 0.25) is 0 Å². The average Bonchev–Trinajstić information content (AvgIpc) is 2.81. The van der Waals surface area contributed by atoms with Crippen LogP contribution in [-0.2, 0) is 0 Å². The van der Waals surface area contributed by atoms with E-state index in [4.69, 9.17) is 5.73 Å². The van der Waals surface area contributed by atoms with Crippen molar-refractivity contribution in [2.24, 2.45) is 16.6 Å². The maximum atomic E-state index is 5.90. The van der Waals surface area contributed by atoms with Gasteiger partial charge in [0.15, 0.2) is 5.96 Å². The van der Waals surface area contributed by atoms with Crippen LogP contribution in [0.4, 0.5) is 0 Å². The van der Waals surface area contributed by atoms with E-state index in [0.717, 1.165) is 12.5 Å². The SMILES string of the molecule is NC(=NCC1CCCSC1)NC1CCCC1. The lowest BCUT2D eigenvalue weighted by Gasteiger charge is -2.20. The Labute approximate surface area is 103 Å². The Balaban J connectivity index is 1.68. The number of nitrogens with one attached hydrogen (secondary N) is 1. The molecule has 1 saturated carbocycles. The quantitative estimate of drug-likeness (QED) is 0.587. The van der Waals surface area contributed by atoms with Gasteiger partial charge in [-0.25, -0.2) is 0 Å². The van der Waals surface area contributed by atoms with E-state index >= 15 is 0 Å². The summed E-state index contributed by atoms with van der Waals surface area (Å²) in [5, 5.41) is 3.34. The summed E-state index contributed by atoms with van der Waals surface area (Å²) in [6.07, 6.45) is 7.87. The lowest BCUT2D eigenvalue weighted by Crippen LogP contribution is -2.39. The van der Waals surface area contributed by atoms with Crippen LogP contribution < -0.4 is 11.1 Å². The molecule has 4 heteroatoms. The topological polar surface area (TPSA) is 50.4 Å². The van der Waals surface area contributed by atoms with Gasteiger partial charge in [-0.2, -0.15) is 11.8 Å². The molecule has 1 saturated heterocycles. The Bertz CT molecular complexity index is 230. The predicted molar refractivity (Wildman–Crippen MR) is 71.9 cm³/mol. The van der Waals surface area contributed by atoms with Crippen LogP contribution in [0.1, 0.15) is 38.5 Å². The number of hydrogen-bond donors (Lipinski definition) is 2. The van der Waals surface area contributed by atoms with E-state index in [1.165, 1.54) is 50.0 Å². The fraction of sp³-hybridized carbons (Fsp3) is 0.917. The summed E-state index contributed by atoms with van der Waals surface area (Å²) < 4.78 is 0. The predicted octanol–water partition coefficient (Wildman–Crippen LogP) is 1.98. The van der Waals surface area contributed by atoms with Crippen molar-refractivity contribution < 1.29 is 0 Å². The first-order valence-electron chi connectivity index (χ1n) is 6.49. The summed E-state index contributed by atoms with van der Waals surface area (Å²) in [6.45, 7) is 0.915. The molecule has 1 heterocycles. The number of thioether (sulfide) groups is 1. The molecule has 2 fully saturated rings. The number of nitrogens with two attached hydrogens (primary N) is 1. The molecule has 16 heavy (non-hydrogen) atoms. The number of guanidine groups is 1. The van der Waals surface area contributed by atoms with Crippen molar-refractivity contribution >= 4 is 17.7 Å². The van der Waals surface area contributed by atoms with Crippen LogP contribution in [0.5, 0.6) is 0 Å². The molecule has 92 valence electrons. The Hall–Kier alpha value is -0.380. The van der Waals surface area contributed by atoms with Gasteiger partial charge in [-0.15, -0.1) is 0 Å². The van der Waals surface area contributed by atoms with E-state index in [1.54, 1.807) is 0 Å². The highest BCUT2D eigenvalue weighted by molar-refractivity contribution is 7.99. The van der Waals surface area contributed by atoms with Crippen molar-refractivity contribution in [3.63, 3.8) is 0 Å². The second-order valence-corrected chi connectivity index (χ2v) is 6.08. The molecule has 1 aliphatic heterocycles. The third-order valence-corrected chi connectivity index (χ3v) is 4.77. The molecular formula is C12H23N3S. The molecule has 1 aliphatic carbocycles. The monoisotopic (exact) mass is 241 g/mol. The van der Waals surface area contributed by atoms with Gasteiger partial charge >= 0.3 is 0 Å². The summed E-state index contributed by atoms with van der Waals surface area (Å²) in [5.74, 6) is 4.01. The minimum atomic E-state index is 0.587. The standard InChI is InChI=1S/C12H23N3S/c13-12(15-11-5-1-2-6-11)14-8-10-4-3-7-16-9-10/h10-11H,1-9H2,(H3,13,14,15). The van der Waals surface area contributed by atoms with Crippen LogP contribution in [0.15, 0.2) is 4.99 Å². The molecule has 3 N–H and O–H groups in total. The molecule has 1 unspecified atom stereocenters. The van der Waals surface area contributed by atoms with E-state index < -0.39 is 0 Å². The lowest BCUT2D eigenvalue weighted by molar-refractivity contribution is 0.532. The minimum absolute atomic E-state index is 0.587. The zero-order valence-corrected chi connectivity index (χ0v) is 10.8. The molecular weight excluding hydrogens is 218 g/mol. The van der Waals surface area contributed by atoms with Gasteiger partial charge in [0.1, 0.15) is 0 Å². The maximum absolute atomic E-state index is 5.90. The molecule has 0 bridgehead atoms. The van der Waals surface area contributed by atoms with E-state index in [-0.39, 0.29) is 0 Å². The molecule has 2 aliphatic rings. The van der Waals surface area contributed by atoms with Gasteiger partial charge in [0.05, 0.1) is 0 Å². The number of nitrogens with zero attached hydrogens (tertiary/aromatic N) is 1. The highest BCUT2D eigenvalue weighted by atomic mass is 32.2. The Kier molecular flexibility index (Phi) is 4.82. The second-order valence-electron chi connectivity index (χ2n) is 4.93. The van der Waals surface area contributed by atoms with E-state index in [1.807, 2.05) is 0 Å². The van der Waals surface area contributed by atoms with Gasteiger partial charge in [0, 0.05) is 12.6 Å². The van der Waals surface area contributed by atoms with Crippen LogP contribution in [0.25, 0.3) is 0 Å². The van der Waals surface area contributed by atoms with Crippen molar-refractivity contribution in [1.29, 1.82) is 0 Å². The molecule has 2 rings (SSSR count). The molecule has 0 amide bonds. The van der Waals surface area contributed by atoms with Crippen LogP contribution in [0.2, 0.25) is 0 Å². The van der Waals surface area contributed by atoms with Crippen molar-refractivity contribution in [3.05, 3.63) is 0 Å². The summed E-state index contributed by atoms with van der Waals surface area (Å²) in [6, 6.07) is 0.587. The molecule has 1 atom stereocenters. The second kappa shape index (κ2) is 6.38. The average molecular weight is 241 g/mol. The summed E-state index contributed by atoms with van der Waals surface area (Å²) in [5.41, 5.74) is 5.90. The zero-order valence-electron chi connectivity index (χ0n) is 9.95. The highest BCUT2D eigenvalue weighted by Crippen LogP contribution is 2.22. The Morgan fingerprint density at radius 1 is 1.25 bits per heavy atom. The van der Waals surface area contributed by atoms with E-state index in [2.05, 4.69) is 22.1 Å². The zero-order chi connectivity index (χ0) is 11.2. The summed E-state index contributed by atoms with van der Waals surface area (Å²) in [4.78, 5) is 4.48. The van der Waals surface area contributed by atoms with Crippen molar-refractivity contribution in [3.8, 4) is 0 Å². The molecule has 0 aromatic carbocycles. The third-order valence-electron chi connectivity index (χ3n) is 3.48. The smallest absolute Gasteiger partial charge is 0.188 e. The number of aliphatic imine (C=N–C) groups is 1. The van der Waals surface area contributed by atoms with E-state index in [9.17, 15) is 0 Å². The summed E-state index contributed by atoms with van der Waals surface area (Å²) in [7, 11) is 0. The lowest BCUT2D eigenvalue weighted by atomic mass is 10.1. The Morgan fingerprint density at radius 3 is 2.75 bits per heavy atom. The number of rotatable bonds is 3. The van der Waals surface area contributed by atoms with Gasteiger partial charge in [-0.05, 0) is 43.1 Å². The van der Waals surface area contributed by atoms with Gasteiger partial charge in [-0.3, -0.25) is 4.99 Å². The normalized spacial score (nSPS) is 28.2. The van der Waals surface area contributed by atoms with Gasteiger partial charge in [0.25, 0.3) is 0 Å². The van der Waals surface area contributed by atoms with E-state index in [0.29, 0.717) is 12.0 Å². The third kappa shape index (κ3) is 3.89. The van der Waals surface area contributed by atoms with Crippen molar-refractivity contribution in [2.75, 3.05) is 18.1 Å². The first-order chi connectivity index (χ1) is 7.84. The first-order valence-corrected chi connectivity index (χ1v) is 7.64. The molecule has 3 nitrogen and oxygen atoms in total. The van der Waals surface area contributed by atoms with Gasteiger partial charge in [-0.1, -0.05) is 12.8 Å². The molecule has 0 spiro atoms. The molecule has 0 aromatic rings. The van der Waals surface area contributed by atoms with Crippen LogP contribution in [0.3, 0.4) is 0 Å². The van der Waals surface area contributed by atoms with Crippen molar-refractivity contribution in [1.82, 2.24) is 5.32 Å². The summed E-state index contributed by atoms with van der Waals surface area (Å²) >= 11 is 2.06. The minimum Gasteiger partial charge on any atom is -0.370 e. The first kappa shape index (κ1) is 12.1. The maximum Gasteiger partial charge on any atom is 0.188 e. The van der Waals surface area contributed by atoms with Crippen LogP contribution in [0, 0.1) is 5.92 Å². The fourth-order valence-electron chi connectivity index (χ4n) is 2.50. The number of hydrogen-bond acceptors (Lipinski definition) is 2. The van der Waals surface area contributed by atoms with Crippen molar-refractivity contribution in [2.45, 2.75) is 44.6 Å². The van der Waals surface area contributed by atoms with Gasteiger partial charge < -0.3 is 11.1 Å². The molecule has 0 radical (unpaired) electrons. The van der Waals surface area contributed by atoms with Crippen LogP contribution >= 0.6 is 11.8 Å². The molecule has 0 aromatic heterocycles. The highest BCUT2D eigenvalue weighted by Gasteiger charge is 2.16. The fourth-order valence-corrected chi connectivity index (χ4v) is 3.65. The largest absolute Gasteiger partial charge is 0.370 e. The Morgan fingerprint density at radius 2 is 2.06 bits per heavy atom. The van der Waals surface area contributed by atoms with Crippen LogP contribution in [-0.4, -0.2) is 30.1 Å².